The van der Waals surface area contributed by atoms with Crippen molar-refractivity contribution in [2.45, 2.75) is 348 Å². The molecule has 19 heteroatoms. The fourth-order valence-electron chi connectivity index (χ4n) is 9.76. The van der Waals surface area contributed by atoms with Crippen LogP contribution < -0.4 is 0 Å². The highest BCUT2D eigenvalue weighted by atomic mass is 31.2. The lowest BCUT2D eigenvalue weighted by atomic mass is 10.0. The first kappa shape index (κ1) is 82.1. The monoisotopic (exact) mass is 1240 g/mol. The fourth-order valence-corrected chi connectivity index (χ4v) is 11.3. The third-order valence-corrected chi connectivity index (χ3v) is 16.9. The molecule has 0 aliphatic rings. The summed E-state index contributed by atoms with van der Waals surface area (Å²) in [6.45, 7) is 7.12. The van der Waals surface area contributed by atoms with Gasteiger partial charge in [0, 0.05) is 25.7 Å². The van der Waals surface area contributed by atoms with Crippen LogP contribution in [0.15, 0.2) is 0 Å². The van der Waals surface area contributed by atoms with Gasteiger partial charge in [-0.1, -0.05) is 279 Å². The van der Waals surface area contributed by atoms with Crippen molar-refractivity contribution in [2.75, 3.05) is 39.6 Å². The average molecular weight is 1240 g/mol. The van der Waals surface area contributed by atoms with E-state index in [0.29, 0.717) is 31.6 Å². The van der Waals surface area contributed by atoms with Crippen molar-refractivity contribution >= 4 is 39.5 Å². The summed E-state index contributed by atoms with van der Waals surface area (Å²) in [7, 11) is -9.89. The molecule has 17 nitrogen and oxygen atoms in total. The van der Waals surface area contributed by atoms with E-state index in [1.807, 2.05) is 0 Å². The predicted molar refractivity (Wildman–Crippen MR) is 335 cm³/mol. The van der Waals surface area contributed by atoms with Gasteiger partial charge in [-0.25, -0.2) is 9.13 Å². The Morgan fingerprint density at radius 3 is 0.810 bits per heavy atom. The molecule has 0 saturated heterocycles. The molecule has 0 aliphatic carbocycles. The van der Waals surface area contributed by atoms with E-state index in [-0.39, 0.29) is 25.7 Å². The standard InChI is InChI=1S/C65H126O17P2/c1-6-9-12-15-18-21-24-25-28-31-34-41-46-51-65(70)81-60(54-75-62(67)48-43-38-32-29-26-22-19-16-13-10-7-2)56-79-83(71,72)77-52-59(66)53-78-84(73,74)80-57-61(55-76-63(68)49-44-39-36-35-37-42-47-58(4)5)82-64(69)50-45-40-33-30-27-23-20-17-14-11-8-3/h58-61,66H,6-57H2,1-5H3,(H,71,72)(H,73,74)/t59-,60-,61-/m1/s1. The molecule has 0 saturated carbocycles. The SMILES string of the molecule is CCCCCCCCCCCCCCCC(=O)O[C@H](COC(=O)CCCCCCCCCCCCC)COP(=O)(O)OC[C@@H](O)COP(=O)(O)OC[C@@H](COC(=O)CCCCCCCCC(C)C)OC(=O)CCCCCCCCCCCCC. The Bertz CT molecular complexity index is 1640. The Kier molecular flexibility index (Phi) is 57.4. The Labute approximate surface area is 511 Å². The van der Waals surface area contributed by atoms with Crippen LogP contribution in [0.1, 0.15) is 330 Å². The van der Waals surface area contributed by atoms with Crippen molar-refractivity contribution in [1.29, 1.82) is 0 Å². The summed E-state index contributed by atoms with van der Waals surface area (Å²) in [6.07, 6.45) is 43.0. The van der Waals surface area contributed by atoms with Crippen LogP contribution in [-0.4, -0.2) is 96.7 Å². The number of ether oxygens (including phenoxy) is 4. The molecule has 84 heavy (non-hydrogen) atoms. The molecule has 0 heterocycles. The van der Waals surface area contributed by atoms with E-state index in [4.69, 9.17) is 37.0 Å². The van der Waals surface area contributed by atoms with E-state index in [0.717, 1.165) is 96.3 Å². The molecule has 0 radical (unpaired) electrons. The van der Waals surface area contributed by atoms with Crippen LogP contribution in [0.5, 0.6) is 0 Å². The molecule has 0 aromatic heterocycles. The first-order chi connectivity index (χ1) is 40.5. The second-order valence-electron chi connectivity index (χ2n) is 24.0. The van der Waals surface area contributed by atoms with Crippen molar-refractivity contribution in [2.24, 2.45) is 5.92 Å². The fraction of sp³-hybridized carbons (Fsp3) is 0.938. The van der Waals surface area contributed by atoms with E-state index in [1.165, 1.54) is 148 Å². The number of aliphatic hydroxyl groups is 1. The third-order valence-electron chi connectivity index (χ3n) is 15.0. The number of hydrogen-bond donors (Lipinski definition) is 3. The Hall–Kier alpha value is -1.94. The number of hydrogen-bond acceptors (Lipinski definition) is 15. The van der Waals surface area contributed by atoms with Crippen LogP contribution in [0.2, 0.25) is 0 Å². The number of carbonyl (C=O) groups is 4. The normalized spacial score (nSPS) is 14.2. The summed E-state index contributed by atoms with van der Waals surface area (Å²) < 4.78 is 68.0. The maximum Gasteiger partial charge on any atom is 0.472 e. The van der Waals surface area contributed by atoms with E-state index in [1.54, 1.807) is 0 Å². The first-order valence-electron chi connectivity index (χ1n) is 34.1. The number of unbranched alkanes of at least 4 members (excludes halogenated alkanes) is 37. The molecule has 0 aliphatic heterocycles. The van der Waals surface area contributed by atoms with Gasteiger partial charge in [-0.2, -0.15) is 0 Å². The maximum atomic E-state index is 13.0. The highest BCUT2D eigenvalue weighted by Gasteiger charge is 2.30. The lowest BCUT2D eigenvalue weighted by molar-refractivity contribution is -0.161. The van der Waals surface area contributed by atoms with Crippen LogP contribution in [0, 0.1) is 5.92 Å². The third kappa shape index (κ3) is 59.0. The van der Waals surface area contributed by atoms with Crippen LogP contribution in [0.3, 0.4) is 0 Å². The summed E-state index contributed by atoms with van der Waals surface area (Å²) in [5.41, 5.74) is 0. The second-order valence-corrected chi connectivity index (χ2v) is 26.9. The van der Waals surface area contributed by atoms with Gasteiger partial charge in [0.2, 0.25) is 0 Å². The minimum Gasteiger partial charge on any atom is -0.462 e. The Morgan fingerprint density at radius 1 is 0.321 bits per heavy atom. The van der Waals surface area contributed by atoms with Crippen molar-refractivity contribution in [3.63, 3.8) is 0 Å². The van der Waals surface area contributed by atoms with Gasteiger partial charge in [0.1, 0.15) is 19.3 Å². The predicted octanol–water partition coefficient (Wildman–Crippen LogP) is 18.2. The highest BCUT2D eigenvalue weighted by Crippen LogP contribution is 2.45. The van der Waals surface area contributed by atoms with Crippen molar-refractivity contribution in [3.8, 4) is 0 Å². The van der Waals surface area contributed by atoms with Crippen LogP contribution >= 0.6 is 15.6 Å². The van der Waals surface area contributed by atoms with Crippen molar-refractivity contribution in [3.05, 3.63) is 0 Å². The van der Waals surface area contributed by atoms with Crippen LogP contribution in [-0.2, 0) is 65.4 Å². The van der Waals surface area contributed by atoms with E-state index < -0.39 is 97.5 Å². The van der Waals surface area contributed by atoms with Gasteiger partial charge >= 0.3 is 39.5 Å². The molecule has 0 aromatic carbocycles. The zero-order chi connectivity index (χ0) is 62.0. The molecule has 0 amide bonds. The molecular formula is C65H126O17P2. The second kappa shape index (κ2) is 58.7. The van der Waals surface area contributed by atoms with Gasteiger partial charge in [0.15, 0.2) is 12.2 Å². The van der Waals surface area contributed by atoms with Gasteiger partial charge in [-0.15, -0.1) is 0 Å². The van der Waals surface area contributed by atoms with Crippen LogP contribution in [0.4, 0.5) is 0 Å². The summed E-state index contributed by atoms with van der Waals surface area (Å²) in [6, 6.07) is 0. The lowest BCUT2D eigenvalue weighted by Gasteiger charge is -2.21. The molecule has 0 bridgehead atoms. The topological polar surface area (TPSA) is 237 Å². The largest absolute Gasteiger partial charge is 0.472 e. The van der Waals surface area contributed by atoms with Crippen molar-refractivity contribution in [1.82, 2.24) is 0 Å². The number of carbonyl (C=O) groups excluding carboxylic acids is 4. The van der Waals surface area contributed by atoms with Gasteiger partial charge in [-0.05, 0) is 31.6 Å². The first-order valence-corrected chi connectivity index (χ1v) is 37.1. The molecule has 0 fully saturated rings. The van der Waals surface area contributed by atoms with Gasteiger partial charge in [-0.3, -0.25) is 37.3 Å². The smallest absolute Gasteiger partial charge is 0.462 e. The summed E-state index contributed by atoms with van der Waals surface area (Å²) in [5, 5.41) is 10.5. The highest BCUT2D eigenvalue weighted by molar-refractivity contribution is 7.47. The van der Waals surface area contributed by atoms with E-state index in [2.05, 4.69) is 34.6 Å². The van der Waals surface area contributed by atoms with Crippen molar-refractivity contribution < 1.29 is 80.2 Å². The zero-order valence-corrected chi connectivity index (χ0v) is 55.8. The van der Waals surface area contributed by atoms with Gasteiger partial charge in [0.05, 0.1) is 26.4 Å². The molecule has 0 spiro atoms. The molecule has 5 atom stereocenters. The van der Waals surface area contributed by atoms with E-state index >= 15 is 0 Å². The summed E-state index contributed by atoms with van der Waals surface area (Å²) >= 11 is 0. The van der Waals surface area contributed by atoms with Gasteiger partial charge < -0.3 is 33.8 Å². The molecule has 0 aromatic rings. The summed E-state index contributed by atoms with van der Waals surface area (Å²) in [4.78, 5) is 72.2. The minimum atomic E-state index is -4.94. The molecule has 498 valence electrons. The van der Waals surface area contributed by atoms with Gasteiger partial charge in [0.25, 0.3) is 0 Å². The number of rotatable bonds is 65. The number of esters is 4. The number of phosphoric acid groups is 2. The minimum absolute atomic E-state index is 0.106. The zero-order valence-electron chi connectivity index (χ0n) is 54.0. The Balaban J connectivity index is 5.24. The van der Waals surface area contributed by atoms with E-state index in [9.17, 15) is 43.2 Å². The Morgan fingerprint density at radius 2 is 0.548 bits per heavy atom. The molecule has 3 N–H and O–H groups in total. The summed E-state index contributed by atoms with van der Waals surface area (Å²) in [5.74, 6) is -1.45. The molecule has 0 rings (SSSR count). The average Bonchev–Trinajstić information content (AvgIpc) is 3.56. The molecule has 2 unspecified atom stereocenters. The number of aliphatic hydroxyl groups excluding tert-OH is 1. The van der Waals surface area contributed by atoms with Crippen LogP contribution in [0.25, 0.3) is 0 Å². The molecular weight excluding hydrogens is 1110 g/mol. The lowest BCUT2D eigenvalue weighted by Crippen LogP contribution is -2.30. The maximum absolute atomic E-state index is 13.0. The number of phosphoric ester groups is 2. The quantitative estimate of drug-likeness (QED) is 0.0222.